The Morgan fingerprint density at radius 2 is 1.70 bits per heavy atom. The lowest BCUT2D eigenvalue weighted by molar-refractivity contribution is -0.140. The first-order chi connectivity index (χ1) is 15.4. The minimum atomic E-state index is -3.76. The van der Waals surface area contributed by atoms with E-state index in [-0.39, 0.29) is 18.5 Å². The molecule has 7 nitrogen and oxygen atoms in total. The largest absolute Gasteiger partial charge is 0.352 e. The fourth-order valence-electron chi connectivity index (χ4n) is 3.34. The lowest BCUT2D eigenvalue weighted by atomic mass is 10.1. The van der Waals surface area contributed by atoms with Gasteiger partial charge in [0.15, 0.2) is 0 Å². The second kappa shape index (κ2) is 11.7. The van der Waals surface area contributed by atoms with Gasteiger partial charge in [0.1, 0.15) is 12.6 Å². The fourth-order valence-corrected chi connectivity index (χ4v) is 4.66. The summed E-state index contributed by atoms with van der Waals surface area (Å²) in [5.74, 6) is -0.849. The molecule has 0 heterocycles. The van der Waals surface area contributed by atoms with Gasteiger partial charge in [-0.1, -0.05) is 54.4 Å². The molecule has 0 fully saturated rings. The van der Waals surface area contributed by atoms with Crippen molar-refractivity contribution in [2.75, 3.05) is 17.1 Å². The van der Waals surface area contributed by atoms with Gasteiger partial charge in [-0.3, -0.25) is 13.9 Å². The molecule has 2 aromatic rings. The van der Waals surface area contributed by atoms with Crippen LogP contribution in [0.4, 0.5) is 5.69 Å². The Balaban J connectivity index is 2.45. The Labute approximate surface area is 205 Å². The standard InChI is InChI=1S/C23H29Cl2N3O4S/c1-5-21(23(30)26-16(2)3)27(14-17-11-12-18(24)13-20(17)25)22(29)15-28(33(4,31)32)19-9-7-6-8-10-19/h6-13,16,21H,5,14-15H2,1-4H3,(H,26,30)/t21-/m1/s1. The van der Waals surface area contributed by atoms with Crippen molar-refractivity contribution in [2.45, 2.75) is 45.8 Å². The third kappa shape index (κ3) is 7.62. The van der Waals surface area contributed by atoms with E-state index in [0.29, 0.717) is 27.7 Å². The zero-order valence-electron chi connectivity index (χ0n) is 19.1. The van der Waals surface area contributed by atoms with E-state index in [2.05, 4.69) is 5.32 Å². The summed E-state index contributed by atoms with van der Waals surface area (Å²) < 4.78 is 26.0. The van der Waals surface area contributed by atoms with Gasteiger partial charge < -0.3 is 10.2 Å². The van der Waals surface area contributed by atoms with E-state index in [9.17, 15) is 18.0 Å². The number of benzene rings is 2. The molecule has 0 bridgehead atoms. The van der Waals surface area contributed by atoms with Gasteiger partial charge in [-0.25, -0.2) is 8.42 Å². The molecule has 2 rings (SSSR count). The monoisotopic (exact) mass is 513 g/mol. The van der Waals surface area contributed by atoms with E-state index in [4.69, 9.17) is 23.2 Å². The van der Waals surface area contributed by atoms with Gasteiger partial charge in [0.25, 0.3) is 0 Å². The third-order valence-electron chi connectivity index (χ3n) is 4.90. The Kier molecular flexibility index (Phi) is 9.57. The summed E-state index contributed by atoms with van der Waals surface area (Å²) >= 11 is 12.3. The van der Waals surface area contributed by atoms with Gasteiger partial charge in [0.2, 0.25) is 21.8 Å². The number of amides is 2. The summed E-state index contributed by atoms with van der Waals surface area (Å²) in [5.41, 5.74) is 0.952. The molecule has 0 spiro atoms. The van der Waals surface area contributed by atoms with Crippen LogP contribution in [0.15, 0.2) is 48.5 Å². The molecule has 0 aliphatic rings. The van der Waals surface area contributed by atoms with Crippen molar-refractivity contribution in [3.8, 4) is 0 Å². The minimum absolute atomic E-state index is 0.0191. The van der Waals surface area contributed by atoms with E-state index in [1.807, 2.05) is 13.8 Å². The first-order valence-electron chi connectivity index (χ1n) is 10.5. The predicted molar refractivity (Wildman–Crippen MR) is 133 cm³/mol. The maximum atomic E-state index is 13.5. The van der Waals surface area contributed by atoms with Crippen LogP contribution in [0, 0.1) is 0 Å². The van der Waals surface area contributed by atoms with Crippen LogP contribution < -0.4 is 9.62 Å². The van der Waals surface area contributed by atoms with Crippen molar-refractivity contribution >= 4 is 50.7 Å². The molecular weight excluding hydrogens is 485 g/mol. The van der Waals surface area contributed by atoms with Crippen LogP contribution in [0.5, 0.6) is 0 Å². The van der Waals surface area contributed by atoms with Gasteiger partial charge in [0.05, 0.1) is 11.9 Å². The first-order valence-corrected chi connectivity index (χ1v) is 13.1. The first kappa shape index (κ1) is 27.0. The fraction of sp³-hybridized carbons (Fsp3) is 0.391. The zero-order chi connectivity index (χ0) is 24.8. The molecule has 33 heavy (non-hydrogen) atoms. The second-order valence-corrected chi connectivity index (χ2v) is 10.7. The van der Waals surface area contributed by atoms with Crippen LogP contribution in [0.3, 0.4) is 0 Å². The highest BCUT2D eigenvalue weighted by Gasteiger charge is 2.32. The van der Waals surface area contributed by atoms with Crippen molar-refractivity contribution in [3.63, 3.8) is 0 Å². The number of halogens is 2. The number of sulfonamides is 1. The number of hydrogen-bond acceptors (Lipinski definition) is 4. The quantitative estimate of drug-likeness (QED) is 0.518. The molecule has 0 saturated carbocycles. The molecule has 1 N–H and O–H groups in total. The van der Waals surface area contributed by atoms with Gasteiger partial charge >= 0.3 is 0 Å². The summed E-state index contributed by atoms with van der Waals surface area (Å²) in [5, 5.41) is 3.63. The average molecular weight is 514 g/mol. The minimum Gasteiger partial charge on any atom is -0.352 e. The maximum absolute atomic E-state index is 13.5. The molecular formula is C23H29Cl2N3O4S. The van der Waals surface area contributed by atoms with Gasteiger partial charge in [-0.05, 0) is 50.1 Å². The molecule has 10 heteroatoms. The van der Waals surface area contributed by atoms with Crippen molar-refractivity contribution in [3.05, 3.63) is 64.1 Å². The smallest absolute Gasteiger partial charge is 0.244 e. The van der Waals surface area contributed by atoms with E-state index in [1.165, 1.54) is 4.90 Å². The van der Waals surface area contributed by atoms with Gasteiger partial charge in [0, 0.05) is 22.6 Å². The highest BCUT2D eigenvalue weighted by atomic mass is 35.5. The molecule has 180 valence electrons. The molecule has 0 aromatic heterocycles. The van der Waals surface area contributed by atoms with Crippen LogP contribution in [-0.2, 0) is 26.2 Å². The van der Waals surface area contributed by atoms with Crippen molar-refractivity contribution in [1.82, 2.24) is 10.2 Å². The molecule has 1 atom stereocenters. The lowest BCUT2D eigenvalue weighted by Crippen LogP contribution is -2.53. The van der Waals surface area contributed by atoms with E-state index >= 15 is 0 Å². The van der Waals surface area contributed by atoms with Crippen molar-refractivity contribution < 1.29 is 18.0 Å². The van der Waals surface area contributed by atoms with Gasteiger partial charge in [-0.15, -0.1) is 0 Å². The molecule has 0 radical (unpaired) electrons. The number of para-hydroxylation sites is 1. The zero-order valence-corrected chi connectivity index (χ0v) is 21.4. The summed E-state index contributed by atoms with van der Waals surface area (Å²) in [6.45, 7) is 5.01. The van der Waals surface area contributed by atoms with Crippen molar-refractivity contribution in [1.29, 1.82) is 0 Å². The Morgan fingerprint density at radius 3 is 2.21 bits per heavy atom. The summed E-state index contributed by atoms with van der Waals surface area (Å²) in [7, 11) is -3.76. The number of carbonyl (C=O) groups excluding carboxylic acids is 2. The molecule has 2 amide bonds. The Bertz CT molecular complexity index is 1080. The number of anilines is 1. The normalized spacial score (nSPS) is 12.3. The number of nitrogens with one attached hydrogen (secondary N) is 1. The summed E-state index contributed by atoms with van der Waals surface area (Å²) in [6, 6.07) is 12.3. The van der Waals surface area contributed by atoms with E-state index < -0.39 is 28.5 Å². The summed E-state index contributed by atoms with van der Waals surface area (Å²) in [4.78, 5) is 27.8. The molecule has 0 aliphatic carbocycles. The third-order valence-corrected chi connectivity index (χ3v) is 6.62. The van der Waals surface area contributed by atoms with Crippen LogP contribution in [0.2, 0.25) is 10.0 Å². The van der Waals surface area contributed by atoms with Crippen molar-refractivity contribution in [2.24, 2.45) is 0 Å². The SMILES string of the molecule is CC[C@H](C(=O)NC(C)C)N(Cc1ccc(Cl)cc1Cl)C(=O)CN(c1ccccc1)S(C)(=O)=O. The maximum Gasteiger partial charge on any atom is 0.244 e. The highest BCUT2D eigenvalue weighted by Crippen LogP contribution is 2.25. The predicted octanol–water partition coefficient (Wildman–Crippen LogP) is 4.09. The lowest BCUT2D eigenvalue weighted by Gasteiger charge is -2.33. The topological polar surface area (TPSA) is 86.8 Å². The van der Waals surface area contributed by atoms with Crippen LogP contribution >= 0.6 is 23.2 Å². The Hall–Kier alpha value is -2.29. The van der Waals surface area contributed by atoms with Crippen LogP contribution in [-0.4, -0.2) is 50.0 Å². The average Bonchev–Trinajstić information content (AvgIpc) is 2.72. The van der Waals surface area contributed by atoms with Crippen LogP contribution in [0.25, 0.3) is 0 Å². The molecule has 2 aromatic carbocycles. The number of carbonyl (C=O) groups is 2. The van der Waals surface area contributed by atoms with Crippen LogP contribution in [0.1, 0.15) is 32.8 Å². The van der Waals surface area contributed by atoms with Gasteiger partial charge in [-0.2, -0.15) is 0 Å². The molecule has 0 saturated heterocycles. The summed E-state index contributed by atoms with van der Waals surface area (Å²) in [6.07, 6.45) is 1.37. The number of rotatable bonds is 10. The number of nitrogens with zero attached hydrogens (tertiary/aromatic N) is 2. The number of hydrogen-bond donors (Lipinski definition) is 1. The Morgan fingerprint density at radius 1 is 1.06 bits per heavy atom. The second-order valence-electron chi connectivity index (χ2n) is 7.95. The highest BCUT2D eigenvalue weighted by molar-refractivity contribution is 7.92. The molecule has 0 unspecified atom stereocenters. The van der Waals surface area contributed by atoms with E-state index in [1.54, 1.807) is 55.5 Å². The van der Waals surface area contributed by atoms with E-state index in [0.717, 1.165) is 10.6 Å². The molecule has 0 aliphatic heterocycles.